The second kappa shape index (κ2) is 6.63. The molecule has 3 aromatic rings. The third-order valence-corrected chi connectivity index (χ3v) is 6.14. The van der Waals surface area contributed by atoms with Crippen molar-refractivity contribution >= 4 is 16.6 Å². The average Bonchev–Trinajstić information content (AvgIpc) is 2.71. The van der Waals surface area contributed by atoms with E-state index in [1.54, 1.807) is 19.2 Å². The van der Waals surface area contributed by atoms with E-state index in [0.717, 1.165) is 51.2 Å². The fourth-order valence-corrected chi connectivity index (χ4v) is 4.81. The molecule has 4 heteroatoms. The van der Waals surface area contributed by atoms with Gasteiger partial charge in [0.25, 0.3) is 0 Å². The molecule has 2 aliphatic rings. The van der Waals surface area contributed by atoms with Crippen molar-refractivity contribution in [3.8, 4) is 17.2 Å². The molecule has 0 saturated carbocycles. The minimum Gasteiger partial charge on any atom is -0.508 e. The van der Waals surface area contributed by atoms with Crippen LogP contribution in [0.25, 0.3) is 10.8 Å². The lowest BCUT2D eigenvalue weighted by Crippen LogP contribution is -2.33. The summed E-state index contributed by atoms with van der Waals surface area (Å²) < 4.78 is 11.7. The zero-order valence-electron chi connectivity index (χ0n) is 17.4. The van der Waals surface area contributed by atoms with E-state index in [1.807, 2.05) is 42.5 Å². The van der Waals surface area contributed by atoms with E-state index in [9.17, 15) is 9.90 Å². The highest BCUT2D eigenvalue weighted by Crippen LogP contribution is 2.52. The van der Waals surface area contributed by atoms with Gasteiger partial charge in [-0.3, -0.25) is 4.79 Å². The van der Waals surface area contributed by atoms with Gasteiger partial charge >= 0.3 is 0 Å². The molecular weight excluding hydrogens is 376 g/mol. The number of benzene rings is 3. The van der Waals surface area contributed by atoms with Crippen LogP contribution >= 0.6 is 0 Å². The van der Waals surface area contributed by atoms with E-state index in [-0.39, 0.29) is 22.9 Å². The van der Waals surface area contributed by atoms with Gasteiger partial charge in [0.1, 0.15) is 23.0 Å². The van der Waals surface area contributed by atoms with Crippen molar-refractivity contribution in [3.05, 3.63) is 77.1 Å². The van der Waals surface area contributed by atoms with Crippen LogP contribution in [0.4, 0.5) is 0 Å². The number of methoxy groups -OCH3 is 1. The normalized spacial score (nSPS) is 19.8. The molecule has 1 aliphatic heterocycles. The molecule has 0 spiro atoms. The first kappa shape index (κ1) is 18.7. The van der Waals surface area contributed by atoms with Crippen molar-refractivity contribution in [3.63, 3.8) is 0 Å². The number of rotatable bonds is 2. The zero-order valence-corrected chi connectivity index (χ0v) is 17.4. The van der Waals surface area contributed by atoms with Crippen LogP contribution < -0.4 is 9.47 Å². The van der Waals surface area contributed by atoms with Crippen LogP contribution in [0.1, 0.15) is 43.7 Å². The van der Waals surface area contributed by atoms with Gasteiger partial charge in [0.05, 0.1) is 7.11 Å². The Kier molecular flexibility index (Phi) is 4.14. The molecule has 0 bridgehead atoms. The molecule has 1 aliphatic carbocycles. The molecule has 1 unspecified atom stereocenters. The van der Waals surface area contributed by atoms with Gasteiger partial charge in [-0.2, -0.15) is 0 Å². The maximum absolute atomic E-state index is 13.3. The number of phenolic OH excluding ortho intramolecular Hbond substituents is 1. The molecule has 1 N–H and O–H groups in total. The molecule has 0 aromatic heterocycles. The van der Waals surface area contributed by atoms with Crippen molar-refractivity contribution in [1.82, 2.24) is 0 Å². The van der Waals surface area contributed by atoms with Crippen LogP contribution in [0.15, 0.2) is 65.9 Å². The number of hydrogen-bond donors (Lipinski definition) is 1. The van der Waals surface area contributed by atoms with Crippen molar-refractivity contribution < 1.29 is 19.4 Å². The van der Waals surface area contributed by atoms with E-state index in [4.69, 9.17) is 9.47 Å². The van der Waals surface area contributed by atoms with E-state index < -0.39 is 0 Å². The van der Waals surface area contributed by atoms with Gasteiger partial charge in [-0.1, -0.05) is 38.1 Å². The van der Waals surface area contributed by atoms with Crippen molar-refractivity contribution in [2.45, 2.75) is 32.6 Å². The summed E-state index contributed by atoms with van der Waals surface area (Å²) in [5, 5.41) is 11.9. The van der Waals surface area contributed by atoms with E-state index in [0.29, 0.717) is 6.42 Å². The maximum Gasteiger partial charge on any atom is 0.163 e. The highest BCUT2D eigenvalue weighted by atomic mass is 16.5. The standard InChI is InChI=1S/C26H24O4/c1-26(2)13-20(28)25-22(14-26)30-21-11-6-16-12-17(27)7-10-19(16)24(21)23(25)15-4-8-18(29-3)9-5-15/h4-12,23,27H,13-14H2,1-3H3. The minimum absolute atomic E-state index is 0.124. The number of fused-ring (bicyclic) bond motifs is 3. The largest absolute Gasteiger partial charge is 0.508 e. The van der Waals surface area contributed by atoms with E-state index in [2.05, 4.69) is 13.8 Å². The number of carbonyl (C=O) groups is 1. The lowest BCUT2D eigenvalue weighted by atomic mass is 9.69. The van der Waals surface area contributed by atoms with Crippen LogP contribution in [-0.2, 0) is 4.79 Å². The SMILES string of the molecule is COc1ccc(C2C3=C(CC(C)(C)CC3=O)Oc3ccc4cc(O)ccc4c32)cc1. The summed E-state index contributed by atoms with van der Waals surface area (Å²) >= 11 is 0. The molecule has 5 rings (SSSR count). The molecule has 3 aromatic carbocycles. The topological polar surface area (TPSA) is 55.8 Å². The summed E-state index contributed by atoms with van der Waals surface area (Å²) in [4.78, 5) is 13.3. The van der Waals surface area contributed by atoms with Gasteiger partial charge in [-0.05, 0) is 52.1 Å². The van der Waals surface area contributed by atoms with Gasteiger partial charge in [0.2, 0.25) is 0 Å². The summed E-state index contributed by atoms with van der Waals surface area (Å²) in [5.74, 6) is 2.48. The number of ketones is 1. The number of Topliss-reactive ketones (excluding diaryl/α,β-unsaturated/α-hetero) is 1. The third kappa shape index (κ3) is 2.95. The first-order valence-electron chi connectivity index (χ1n) is 10.2. The maximum atomic E-state index is 13.3. The molecule has 4 nitrogen and oxygen atoms in total. The Morgan fingerprint density at radius 3 is 2.53 bits per heavy atom. The minimum atomic E-state index is -0.216. The van der Waals surface area contributed by atoms with Gasteiger partial charge in [-0.25, -0.2) is 0 Å². The summed E-state index contributed by atoms with van der Waals surface area (Å²) in [6.07, 6.45) is 1.23. The van der Waals surface area contributed by atoms with Crippen LogP contribution in [0.5, 0.6) is 17.2 Å². The lowest BCUT2D eigenvalue weighted by Gasteiger charge is -2.38. The van der Waals surface area contributed by atoms with Crippen LogP contribution in [0.2, 0.25) is 0 Å². The Morgan fingerprint density at radius 2 is 1.80 bits per heavy atom. The number of hydrogen-bond acceptors (Lipinski definition) is 4. The fraction of sp³-hybridized carbons (Fsp3) is 0.269. The molecule has 1 heterocycles. The number of phenols is 1. The molecule has 1 atom stereocenters. The smallest absolute Gasteiger partial charge is 0.163 e. The number of allylic oxidation sites excluding steroid dienone is 2. The van der Waals surface area contributed by atoms with Gasteiger partial charge < -0.3 is 14.6 Å². The summed E-state index contributed by atoms with van der Waals surface area (Å²) in [7, 11) is 1.64. The zero-order chi connectivity index (χ0) is 21.0. The number of aromatic hydroxyl groups is 1. The summed E-state index contributed by atoms with van der Waals surface area (Å²) in [5.41, 5.74) is 2.64. The molecule has 0 fully saturated rings. The first-order chi connectivity index (χ1) is 14.4. The Labute approximate surface area is 175 Å². The van der Waals surface area contributed by atoms with E-state index in [1.165, 1.54) is 0 Å². The summed E-state index contributed by atoms with van der Waals surface area (Å²) in [6.45, 7) is 4.22. The quantitative estimate of drug-likeness (QED) is 0.598. The predicted molar refractivity (Wildman–Crippen MR) is 116 cm³/mol. The number of carbonyl (C=O) groups excluding carboxylic acids is 1. The number of ether oxygens (including phenoxy) is 2. The Hall–Kier alpha value is -3.27. The van der Waals surface area contributed by atoms with Gasteiger partial charge in [0, 0.05) is 29.9 Å². The van der Waals surface area contributed by atoms with Crippen molar-refractivity contribution in [2.24, 2.45) is 5.41 Å². The molecule has 0 saturated heterocycles. The Balaban J connectivity index is 1.79. The van der Waals surface area contributed by atoms with E-state index >= 15 is 0 Å². The van der Waals surface area contributed by atoms with Gasteiger partial charge in [0.15, 0.2) is 5.78 Å². The second-order valence-corrected chi connectivity index (χ2v) is 8.97. The Morgan fingerprint density at radius 1 is 1.03 bits per heavy atom. The molecule has 0 radical (unpaired) electrons. The molecular formula is C26H24O4. The highest BCUT2D eigenvalue weighted by Gasteiger charge is 2.42. The predicted octanol–water partition coefficient (Wildman–Crippen LogP) is 5.72. The highest BCUT2D eigenvalue weighted by molar-refractivity contribution is 6.02. The molecule has 30 heavy (non-hydrogen) atoms. The third-order valence-electron chi connectivity index (χ3n) is 6.14. The second-order valence-electron chi connectivity index (χ2n) is 8.97. The fourth-order valence-electron chi connectivity index (χ4n) is 4.81. The lowest BCUT2D eigenvalue weighted by molar-refractivity contribution is -0.118. The first-order valence-corrected chi connectivity index (χ1v) is 10.2. The van der Waals surface area contributed by atoms with Crippen LogP contribution in [-0.4, -0.2) is 18.0 Å². The molecule has 0 amide bonds. The van der Waals surface area contributed by atoms with Gasteiger partial charge in [-0.15, -0.1) is 0 Å². The Bertz CT molecular complexity index is 1200. The average molecular weight is 400 g/mol. The van der Waals surface area contributed by atoms with Crippen molar-refractivity contribution in [2.75, 3.05) is 7.11 Å². The molecule has 152 valence electrons. The summed E-state index contributed by atoms with van der Waals surface area (Å²) in [6, 6.07) is 17.2. The van der Waals surface area contributed by atoms with Crippen LogP contribution in [0.3, 0.4) is 0 Å². The van der Waals surface area contributed by atoms with Crippen LogP contribution in [0, 0.1) is 5.41 Å². The van der Waals surface area contributed by atoms with Crippen molar-refractivity contribution in [1.29, 1.82) is 0 Å². The monoisotopic (exact) mass is 400 g/mol.